The molecule has 0 aromatic carbocycles. The minimum Gasteiger partial charge on any atom is -0.550 e. The molecule has 0 saturated heterocycles. The van der Waals surface area contributed by atoms with Gasteiger partial charge in [0.05, 0.1) is 0 Å². The van der Waals surface area contributed by atoms with Gasteiger partial charge in [-0.1, -0.05) is 259 Å². The average molecular weight is 1060 g/mol. The number of rotatable bonds is 56. The van der Waals surface area contributed by atoms with Crippen molar-refractivity contribution in [1.29, 1.82) is 0 Å². The molecule has 2 atom stereocenters. The molecule has 0 N–H and O–H groups in total. The Balaban J connectivity index is -0.00000128. The Morgan fingerprint density at radius 2 is 0.437 bits per heavy atom. The fourth-order valence-electron chi connectivity index (χ4n) is 9.53. The number of hydrogen-bond donors (Lipinski definition) is 0. The molecule has 0 aliphatic rings. The fourth-order valence-corrected chi connectivity index (χ4v) is 9.53. The van der Waals surface area contributed by atoms with Gasteiger partial charge in [0.15, 0.2) is 0 Å². The number of carbonyl (C=O) groups is 4. The molecule has 8 nitrogen and oxygen atoms in total. The van der Waals surface area contributed by atoms with E-state index in [4.69, 9.17) is 9.47 Å². The molecule has 0 heterocycles. The van der Waals surface area contributed by atoms with Crippen LogP contribution in [0.4, 0.5) is 0 Å². The second kappa shape index (κ2) is 62.8. The van der Waals surface area contributed by atoms with Crippen molar-refractivity contribution in [1.82, 2.24) is 0 Å². The minimum atomic E-state index is -0.928. The monoisotopic (exact) mass is 1050 g/mol. The normalized spacial score (nSPS) is 11.9. The Bertz CT molecular complexity index is 1020. The van der Waals surface area contributed by atoms with E-state index in [1.807, 2.05) is 0 Å². The summed E-state index contributed by atoms with van der Waals surface area (Å²) in [6.45, 7) is 8.96. The Morgan fingerprint density at radius 3 is 0.662 bits per heavy atom. The van der Waals surface area contributed by atoms with Gasteiger partial charge in [-0.15, -0.1) is 0 Å². The SMILES string of the molecule is CCCCCCCCCCCCC(=O)OC(CCCCC)CCCCCCCCCCCC(=O)[O-].CCCCCCCCCCCCC(=O)OC(CCCCC)CCCCCCCCCCCC(=O)[O-].[Zn+2]. The number of aliphatic carboxylic acids is 2. The van der Waals surface area contributed by atoms with Crippen LogP contribution in [0.2, 0.25) is 0 Å². The van der Waals surface area contributed by atoms with E-state index in [9.17, 15) is 29.4 Å². The number of hydrogen-bond acceptors (Lipinski definition) is 8. The average Bonchev–Trinajstić information content (AvgIpc) is 3.33. The summed E-state index contributed by atoms with van der Waals surface area (Å²) >= 11 is 0. The van der Waals surface area contributed by atoms with Gasteiger partial charge in [-0.3, -0.25) is 9.59 Å². The maximum atomic E-state index is 12.4. The quantitative estimate of drug-likeness (QED) is 0.0334. The molecule has 0 amide bonds. The van der Waals surface area contributed by atoms with Gasteiger partial charge in [-0.25, -0.2) is 0 Å². The van der Waals surface area contributed by atoms with Crippen molar-refractivity contribution in [3.8, 4) is 0 Å². The Morgan fingerprint density at radius 1 is 0.268 bits per heavy atom. The van der Waals surface area contributed by atoms with E-state index < -0.39 is 11.9 Å². The van der Waals surface area contributed by atoms with Crippen molar-refractivity contribution in [3.05, 3.63) is 0 Å². The summed E-state index contributed by atoms with van der Waals surface area (Å²) in [5.74, 6) is -1.82. The van der Waals surface area contributed by atoms with Gasteiger partial charge in [0.2, 0.25) is 0 Å². The zero-order valence-corrected chi connectivity index (χ0v) is 50.9. The molecule has 0 bridgehead atoms. The largest absolute Gasteiger partial charge is 2.00 e. The van der Waals surface area contributed by atoms with Crippen LogP contribution >= 0.6 is 0 Å². The second-order valence-corrected chi connectivity index (χ2v) is 21.3. The molecule has 0 aromatic rings. The molecular weight excluding hydrogens is 938 g/mol. The number of unbranched alkanes of at least 4 members (excludes halogenated alkanes) is 38. The van der Waals surface area contributed by atoms with Crippen molar-refractivity contribution in [2.45, 2.75) is 374 Å². The van der Waals surface area contributed by atoms with Crippen LogP contribution in [0, 0.1) is 0 Å². The van der Waals surface area contributed by atoms with E-state index in [0.29, 0.717) is 12.8 Å². The number of ether oxygens (including phenoxy) is 2. The van der Waals surface area contributed by atoms with E-state index in [0.717, 1.165) is 116 Å². The molecule has 0 rings (SSSR count). The summed E-state index contributed by atoms with van der Waals surface area (Å²) in [4.78, 5) is 45.6. The molecule has 0 fully saturated rings. The van der Waals surface area contributed by atoms with Crippen molar-refractivity contribution in [2.75, 3.05) is 0 Å². The van der Waals surface area contributed by atoms with Crippen molar-refractivity contribution < 1.29 is 58.3 Å². The molecule has 0 spiro atoms. The van der Waals surface area contributed by atoms with Gasteiger partial charge in [-0.05, 0) is 89.9 Å². The van der Waals surface area contributed by atoms with Gasteiger partial charge in [0.25, 0.3) is 0 Å². The standard InChI is InChI=1S/2C31H60O4.Zn/c2*1-3-5-7-8-9-10-14-17-20-24-28-31(34)35-29(25-21-6-4-2)26-22-18-15-12-11-13-16-19-23-27-30(32)33;/h2*29H,3-28H2,1-2H3,(H,32,33);/q;;+2/p-2. The van der Waals surface area contributed by atoms with Crippen LogP contribution < -0.4 is 10.2 Å². The number of carboxylic acid groups (broad SMARTS) is 2. The second-order valence-electron chi connectivity index (χ2n) is 21.3. The van der Waals surface area contributed by atoms with E-state index >= 15 is 0 Å². The van der Waals surface area contributed by atoms with Crippen molar-refractivity contribution in [2.24, 2.45) is 0 Å². The van der Waals surface area contributed by atoms with Crippen LogP contribution in [0.1, 0.15) is 362 Å². The van der Waals surface area contributed by atoms with E-state index in [1.165, 1.54) is 193 Å². The Hall–Kier alpha value is -1.50. The topological polar surface area (TPSA) is 133 Å². The predicted molar refractivity (Wildman–Crippen MR) is 293 cm³/mol. The summed E-state index contributed by atoms with van der Waals surface area (Å²) in [5, 5.41) is 20.8. The third-order valence-corrected chi connectivity index (χ3v) is 14.1. The van der Waals surface area contributed by atoms with Crippen molar-refractivity contribution >= 4 is 23.9 Å². The zero-order valence-electron chi connectivity index (χ0n) is 47.9. The fraction of sp³-hybridized carbons (Fsp3) is 0.935. The first-order valence-corrected chi connectivity index (χ1v) is 31.0. The molecular formula is C62H118O8Zn. The van der Waals surface area contributed by atoms with Crippen LogP contribution in [0.5, 0.6) is 0 Å². The molecule has 0 aliphatic heterocycles. The molecule has 2 unspecified atom stereocenters. The van der Waals surface area contributed by atoms with Gasteiger partial charge in [-0.2, -0.15) is 0 Å². The zero-order chi connectivity index (χ0) is 51.6. The number of carboxylic acids is 2. The maximum Gasteiger partial charge on any atom is 2.00 e. The third-order valence-electron chi connectivity index (χ3n) is 14.1. The van der Waals surface area contributed by atoms with Gasteiger partial charge in [0, 0.05) is 24.8 Å². The van der Waals surface area contributed by atoms with Crippen LogP contribution in [-0.4, -0.2) is 36.1 Å². The molecule has 0 saturated carbocycles. The first kappa shape index (κ1) is 73.7. The summed E-state index contributed by atoms with van der Waals surface area (Å²) in [7, 11) is 0. The first-order valence-electron chi connectivity index (χ1n) is 31.0. The molecule has 9 heteroatoms. The summed E-state index contributed by atoms with van der Waals surface area (Å²) < 4.78 is 11.8. The molecule has 71 heavy (non-hydrogen) atoms. The van der Waals surface area contributed by atoms with Crippen LogP contribution in [0.15, 0.2) is 0 Å². The van der Waals surface area contributed by atoms with Crippen molar-refractivity contribution in [3.63, 3.8) is 0 Å². The van der Waals surface area contributed by atoms with Gasteiger partial charge < -0.3 is 29.3 Å². The summed E-state index contributed by atoms with van der Waals surface area (Å²) in [5.41, 5.74) is 0. The van der Waals surface area contributed by atoms with Crippen LogP contribution in [-0.2, 0) is 48.1 Å². The van der Waals surface area contributed by atoms with E-state index in [2.05, 4.69) is 27.7 Å². The van der Waals surface area contributed by atoms with Gasteiger partial charge in [0.1, 0.15) is 12.2 Å². The summed E-state index contributed by atoms with van der Waals surface area (Å²) in [6.07, 6.45) is 59.0. The van der Waals surface area contributed by atoms with Crippen LogP contribution in [0.25, 0.3) is 0 Å². The molecule has 0 radical (unpaired) electrons. The van der Waals surface area contributed by atoms with Crippen LogP contribution in [0.3, 0.4) is 0 Å². The number of esters is 2. The Kier molecular flexibility index (Phi) is 65.2. The third kappa shape index (κ3) is 64.6. The van der Waals surface area contributed by atoms with Gasteiger partial charge >= 0.3 is 31.4 Å². The maximum absolute atomic E-state index is 12.4. The molecule has 0 aliphatic carbocycles. The molecule has 416 valence electrons. The van der Waals surface area contributed by atoms with E-state index in [-0.39, 0.29) is 56.5 Å². The molecule has 0 aromatic heterocycles. The predicted octanol–water partition coefficient (Wildman–Crippen LogP) is 17.7. The summed E-state index contributed by atoms with van der Waals surface area (Å²) in [6, 6.07) is 0. The van der Waals surface area contributed by atoms with E-state index in [1.54, 1.807) is 0 Å². The Labute approximate surface area is 453 Å². The minimum absolute atomic E-state index is 0. The first-order chi connectivity index (χ1) is 34.2. The smallest absolute Gasteiger partial charge is 0.550 e. The number of carbonyl (C=O) groups excluding carboxylic acids is 4.